The van der Waals surface area contributed by atoms with Crippen molar-refractivity contribution in [3.05, 3.63) is 157 Å². The number of nitrogens with zero attached hydrogens (tertiary/aromatic N) is 12. The molecule has 0 aliphatic carbocycles. The number of amidine groups is 3. The van der Waals surface area contributed by atoms with Crippen LogP contribution in [0.2, 0.25) is 0 Å². The maximum absolute atomic E-state index is 12.4. The average Bonchev–Trinajstić information content (AvgIpc) is 4.27. The molecule has 430 valence electrons. The van der Waals surface area contributed by atoms with Crippen LogP contribution in [0.15, 0.2) is 138 Å². The predicted molar refractivity (Wildman–Crippen MR) is 335 cm³/mol. The Kier molecular flexibility index (Phi) is 25.4. The number of aromatic nitrogens is 9. The Morgan fingerprint density at radius 1 is 0.695 bits per heavy atom. The first-order valence-corrected chi connectivity index (χ1v) is 29.5. The number of methoxy groups -OCH3 is 3. The third-order valence-electron chi connectivity index (χ3n) is 11.2. The molecule has 1 aliphatic rings. The molecule has 9 aromatic rings. The van der Waals surface area contributed by atoms with Crippen molar-refractivity contribution in [1.29, 1.82) is 0 Å². The number of benzene rings is 3. The molecule has 7 heterocycles. The van der Waals surface area contributed by atoms with Crippen molar-refractivity contribution in [1.82, 2.24) is 49.8 Å². The molecular formula is C53H56Br4N15O8PS. The minimum atomic E-state index is -0.292. The van der Waals surface area contributed by atoms with Crippen LogP contribution < -0.4 is 31.2 Å². The summed E-state index contributed by atoms with van der Waals surface area (Å²) in [6.45, 7) is 2.03. The van der Waals surface area contributed by atoms with Gasteiger partial charge in [0.25, 0.3) is 0 Å². The normalized spacial score (nSPS) is 12.8. The van der Waals surface area contributed by atoms with Crippen molar-refractivity contribution in [2.45, 2.75) is 13.5 Å². The molecule has 0 fully saturated rings. The molecule has 3 aromatic carbocycles. The van der Waals surface area contributed by atoms with E-state index in [1.807, 2.05) is 104 Å². The van der Waals surface area contributed by atoms with Gasteiger partial charge in [-0.25, -0.2) is 20.4 Å². The number of para-hydroxylation sites is 3. The number of rotatable bonds is 13. The molecule has 0 amide bonds. The van der Waals surface area contributed by atoms with Gasteiger partial charge in [-0.3, -0.25) is 33.5 Å². The van der Waals surface area contributed by atoms with Crippen LogP contribution in [0, 0.1) is 0 Å². The zero-order chi connectivity index (χ0) is 58.8. The number of ether oxygens (including phenoxy) is 3. The molecule has 6 N–H and O–H groups in total. The molecule has 0 radical (unpaired) electrons. The summed E-state index contributed by atoms with van der Waals surface area (Å²) >= 11 is 17.5. The van der Waals surface area contributed by atoms with Crippen LogP contribution >= 0.6 is 71.1 Å². The van der Waals surface area contributed by atoms with E-state index in [2.05, 4.69) is 128 Å². The lowest BCUT2D eigenvalue weighted by atomic mass is 10.1. The first-order valence-electron chi connectivity index (χ1n) is 23.6. The van der Waals surface area contributed by atoms with Gasteiger partial charge in [0.2, 0.25) is 23.4 Å². The molecule has 1 aliphatic heterocycles. The van der Waals surface area contributed by atoms with Gasteiger partial charge in [0, 0.05) is 37.3 Å². The van der Waals surface area contributed by atoms with E-state index in [4.69, 9.17) is 45.6 Å². The quantitative estimate of drug-likeness (QED) is 0.0159. The van der Waals surface area contributed by atoms with Crippen LogP contribution in [0.25, 0.3) is 32.7 Å². The monoisotopic (exact) mass is 1410 g/mol. The summed E-state index contributed by atoms with van der Waals surface area (Å²) in [5.41, 5.74) is 20.1. The van der Waals surface area contributed by atoms with Crippen molar-refractivity contribution in [3.63, 3.8) is 0 Å². The van der Waals surface area contributed by atoms with Crippen molar-refractivity contribution in [2.24, 2.45) is 47.9 Å². The van der Waals surface area contributed by atoms with Gasteiger partial charge in [-0.15, -0.1) is 0 Å². The van der Waals surface area contributed by atoms with Gasteiger partial charge in [0.15, 0.2) is 29.9 Å². The number of oxime groups is 2. The van der Waals surface area contributed by atoms with Crippen molar-refractivity contribution in [3.8, 4) is 17.6 Å². The number of aryl methyl sites for hydroxylation is 3. The van der Waals surface area contributed by atoms with Crippen LogP contribution in [-0.4, -0.2) is 125 Å². The number of ketones is 2. The summed E-state index contributed by atoms with van der Waals surface area (Å²) in [7, 11) is 11.1. The number of hydrogen-bond acceptors (Lipinski definition) is 19. The zero-order valence-electron chi connectivity index (χ0n) is 44.3. The van der Waals surface area contributed by atoms with Crippen LogP contribution in [-0.2, 0) is 42.6 Å². The Morgan fingerprint density at radius 3 is 1.63 bits per heavy atom. The molecule has 23 nitrogen and oxygen atoms in total. The fraction of sp³-hybridized carbons (Fsp3) is 0.226. The number of nitrogens with one attached hydrogen (secondary N) is 1. The van der Waals surface area contributed by atoms with E-state index in [-0.39, 0.29) is 43.3 Å². The van der Waals surface area contributed by atoms with E-state index in [9.17, 15) is 9.59 Å². The molecule has 29 heteroatoms. The topological polar surface area (TPSA) is 294 Å². The van der Waals surface area contributed by atoms with Crippen molar-refractivity contribution in [2.75, 3.05) is 46.5 Å². The van der Waals surface area contributed by atoms with Crippen molar-refractivity contribution >= 4 is 145 Å². The number of hydrogen-bond donors (Lipinski definition) is 4. The van der Waals surface area contributed by atoms with E-state index in [1.54, 1.807) is 47.8 Å². The summed E-state index contributed by atoms with van der Waals surface area (Å²) in [4.78, 5) is 51.9. The lowest BCUT2D eigenvalue weighted by Crippen LogP contribution is -2.33. The zero-order valence-corrected chi connectivity index (χ0v) is 52.3. The first kappa shape index (κ1) is 65.5. The Balaban J connectivity index is 0.000000204. The average molecular weight is 1410 g/mol. The summed E-state index contributed by atoms with van der Waals surface area (Å²) in [5.74, 6) is 1.52. The van der Waals surface area contributed by atoms with Gasteiger partial charge in [-0.05, 0) is 116 Å². The van der Waals surface area contributed by atoms with Crippen LogP contribution in [0.1, 0.15) is 57.2 Å². The van der Waals surface area contributed by atoms with E-state index < -0.39 is 0 Å². The molecule has 0 bridgehead atoms. The Labute approximate surface area is 511 Å². The fourth-order valence-electron chi connectivity index (χ4n) is 7.50. The second-order valence-electron chi connectivity index (χ2n) is 16.4. The molecule has 82 heavy (non-hydrogen) atoms. The predicted octanol–water partition coefficient (Wildman–Crippen LogP) is 9.78. The Morgan fingerprint density at radius 2 is 1.13 bits per heavy atom. The summed E-state index contributed by atoms with van der Waals surface area (Å²) < 4.78 is 22.7. The fourth-order valence-corrected chi connectivity index (χ4v) is 8.92. The number of carbonyl (C=O) groups excluding carboxylic acids is 2. The maximum atomic E-state index is 12.4. The van der Waals surface area contributed by atoms with Gasteiger partial charge in [0.1, 0.15) is 41.1 Å². The number of halogens is 4. The van der Waals surface area contributed by atoms with E-state index in [1.165, 1.54) is 14.2 Å². The Hall–Kier alpha value is -7.33. The highest BCUT2D eigenvalue weighted by molar-refractivity contribution is 9.11. The van der Waals surface area contributed by atoms with Crippen LogP contribution in [0.3, 0.4) is 0 Å². The molecule has 10 rings (SSSR count). The maximum Gasteiger partial charge on any atom is 0.228 e. The lowest BCUT2D eigenvalue weighted by molar-refractivity contribution is 0.0614. The van der Waals surface area contributed by atoms with Gasteiger partial charge in [0.05, 0.1) is 62.3 Å². The molecule has 1 atom stereocenters. The number of alkyl halides is 1. The van der Waals surface area contributed by atoms with Gasteiger partial charge in [-0.1, -0.05) is 100 Å². The highest BCUT2D eigenvalue weighted by Gasteiger charge is 2.25. The number of nitrogens with two attached hydrogens (primary N) is 2. The number of hydroxylamine groups is 1. The van der Waals surface area contributed by atoms with Crippen LogP contribution in [0.4, 0.5) is 0 Å². The molecule has 0 saturated carbocycles. The molecule has 6 aromatic heterocycles. The minimum Gasteiger partial charge on any atom is -0.480 e. The Bertz CT molecular complexity index is 3790. The highest BCUT2D eigenvalue weighted by atomic mass is 79.9. The smallest absolute Gasteiger partial charge is 0.228 e. The number of carbonyl (C=O) groups is 2. The molecular weight excluding hydrogens is 1360 g/mol. The van der Waals surface area contributed by atoms with E-state index in [0.29, 0.717) is 72.8 Å². The van der Waals surface area contributed by atoms with Gasteiger partial charge in [-0.2, -0.15) is 15.3 Å². The number of fused-ring (bicyclic) bond motifs is 3. The third kappa shape index (κ3) is 16.4. The van der Waals surface area contributed by atoms with Crippen molar-refractivity contribution < 1.29 is 38.7 Å². The molecule has 0 spiro atoms. The van der Waals surface area contributed by atoms with E-state index >= 15 is 0 Å². The lowest BCUT2D eigenvalue weighted by Gasteiger charge is -2.21. The summed E-state index contributed by atoms with van der Waals surface area (Å²) in [6.07, 6.45) is 0. The number of aliphatic imine (C=N–C) groups is 1. The van der Waals surface area contributed by atoms with E-state index in [0.717, 1.165) is 50.2 Å². The highest BCUT2D eigenvalue weighted by Crippen LogP contribution is 2.29. The van der Waals surface area contributed by atoms with Gasteiger partial charge < -0.3 is 35.7 Å². The number of pyridine rings is 3. The second kappa shape index (κ2) is 31.8. The SMILES string of the molecule is C.COc1nc(/C(N)=N/O)ccc1Br.COc1nc(/C(N)=N/OCC(=O)c2nn(C)c3ccccc23)ccc1Br.COc1nc(C2=NC(c3nn(C)c4ccccc34)CON2)ccc1Br.CP=S.Cn1nc(C(=O)CBr)c2ccccc21. The summed E-state index contributed by atoms with van der Waals surface area (Å²) in [5, 5.41) is 31.1. The van der Waals surface area contributed by atoms with Gasteiger partial charge >= 0.3 is 0 Å². The standard InChI is InChI=1S/C17H16BrN5O3.C17H16BrN5O2.C10H9BrN2O.C7H8BrN3O2.CH3PS.CH4/c1-23-13-6-4-3-5-10(13)15(21-23)14(24)9-26-22-16(19)12-8-7-11(18)17(20-12)25-2;1-23-14-6-4-3-5-10(14)15(21-23)13-9-25-22-16(19-13)12-8-7-11(18)17(20-12)24-2;1-13-8-5-3-2-4-7(8)10(12-13)9(14)6-11;1-13-7-4(8)2-3-5(10-7)6(9)11-12;1-2-3;/h3-8H,9H2,1-2H3,(H2,19,22);3-8,13H,9H2,1-2H3,(H,19,22);2-5H,6H2,1H3;2-3,12H,1H3,(H2,9,11);1H3;1H4. The minimum absolute atomic E-state index is 0. The third-order valence-corrected chi connectivity index (χ3v) is 13.5. The largest absolute Gasteiger partial charge is 0.480 e. The number of Topliss-reactive ketones (excluding diaryl/α,β-unsaturated/α-hetero) is 2. The summed E-state index contributed by atoms with van der Waals surface area (Å²) in [6, 6.07) is 33.5. The first-order chi connectivity index (χ1) is 39.0. The second-order valence-corrected chi connectivity index (χ2v) is 21.0. The van der Waals surface area contributed by atoms with Crippen LogP contribution in [0.5, 0.6) is 17.6 Å². The molecule has 0 saturated heterocycles. The molecule has 1 unspecified atom stereocenters.